The monoisotopic (exact) mass is 343 g/mol. The molecule has 0 unspecified atom stereocenters. The van der Waals surface area contributed by atoms with Crippen LogP contribution in [0.4, 0.5) is 27.7 Å². The number of fused-ring (bicyclic) bond motifs is 1. The molecule has 1 aromatic heterocycles. The van der Waals surface area contributed by atoms with Gasteiger partial charge in [-0.1, -0.05) is 24.3 Å². The summed E-state index contributed by atoms with van der Waals surface area (Å²) < 4.78 is 0. The van der Waals surface area contributed by atoms with Gasteiger partial charge in [-0.15, -0.1) is 0 Å². The van der Waals surface area contributed by atoms with Crippen molar-refractivity contribution in [2.24, 2.45) is 4.99 Å². The minimum Gasteiger partial charge on any atom is -0.366 e. The van der Waals surface area contributed by atoms with Crippen LogP contribution in [0.5, 0.6) is 0 Å². The molecule has 0 bridgehead atoms. The van der Waals surface area contributed by atoms with Crippen molar-refractivity contribution in [3.63, 3.8) is 0 Å². The van der Waals surface area contributed by atoms with Crippen molar-refractivity contribution in [1.82, 2.24) is 4.98 Å². The van der Waals surface area contributed by atoms with Crippen molar-refractivity contribution in [1.29, 1.82) is 0 Å². The molecule has 2 aromatic carbocycles. The van der Waals surface area contributed by atoms with Crippen LogP contribution in [0.25, 0.3) is 0 Å². The Kier molecular flexibility index (Phi) is 4.30. The first-order valence-corrected chi connectivity index (χ1v) is 8.26. The Balaban J connectivity index is 1.72. The van der Waals surface area contributed by atoms with E-state index >= 15 is 0 Å². The van der Waals surface area contributed by atoms with Gasteiger partial charge in [-0.2, -0.15) is 0 Å². The number of aliphatic imine (C=N–C) groups is 1. The van der Waals surface area contributed by atoms with Crippen LogP contribution in [0.2, 0.25) is 0 Å². The van der Waals surface area contributed by atoms with Crippen molar-refractivity contribution in [2.45, 2.75) is 0 Å². The van der Waals surface area contributed by atoms with Crippen molar-refractivity contribution in [3.05, 3.63) is 78.5 Å². The maximum absolute atomic E-state index is 13.0. The van der Waals surface area contributed by atoms with Crippen LogP contribution in [0.1, 0.15) is 5.56 Å². The van der Waals surface area contributed by atoms with Crippen molar-refractivity contribution < 1.29 is 4.79 Å². The predicted molar refractivity (Wildman–Crippen MR) is 104 cm³/mol. The van der Waals surface area contributed by atoms with Crippen molar-refractivity contribution >= 4 is 35.1 Å². The second-order valence-electron chi connectivity index (χ2n) is 5.74. The summed E-state index contributed by atoms with van der Waals surface area (Å²) in [6.45, 7) is 0.560. The summed E-state index contributed by atoms with van der Waals surface area (Å²) in [5.74, 6) is 0.543. The lowest BCUT2D eigenvalue weighted by atomic mass is 10.1. The van der Waals surface area contributed by atoms with Crippen LogP contribution in [0.3, 0.4) is 0 Å². The Morgan fingerprint density at radius 1 is 1.04 bits per heavy atom. The summed E-state index contributed by atoms with van der Waals surface area (Å²) in [5.41, 5.74) is 3.36. The lowest BCUT2D eigenvalue weighted by molar-refractivity contribution is 0.259. The average Bonchev–Trinajstić information content (AvgIpc) is 2.70. The summed E-state index contributed by atoms with van der Waals surface area (Å²) >= 11 is 0. The van der Waals surface area contributed by atoms with Crippen LogP contribution < -0.4 is 15.5 Å². The maximum atomic E-state index is 13.0. The number of carbonyl (C=O) groups is 1. The highest BCUT2D eigenvalue weighted by molar-refractivity contribution is 6.07. The predicted octanol–water partition coefficient (Wildman–Crippen LogP) is 4.25. The molecule has 0 spiro atoms. The van der Waals surface area contributed by atoms with Gasteiger partial charge in [-0.25, -0.2) is 14.7 Å². The maximum Gasteiger partial charge on any atom is 0.332 e. The molecule has 0 aliphatic carbocycles. The second-order valence-corrected chi connectivity index (χ2v) is 5.74. The van der Waals surface area contributed by atoms with Gasteiger partial charge in [0.25, 0.3) is 0 Å². The Morgan fingerprint density at radius 3 is 2.69 bits per heavy atom. The number of nitrogens with zero attached hydrogens (tertiary/aromatic N) is 3. The second kappa shape index (κ2) is 7.06. The van der Waals surface area contributed by atoms with E-state index in [0.717, 1.165) is 16.9 Å². The van der Waals surface area contributed by atoms with Gasteiger partial charge in [-0.05, 0) is 42.5 Å². The molecule has 1 aliphatic rings. The number of nitrogens with one attached hydrogen (secondary N) is 2. The smallest absolute Gasteiger partial charge is 0.332 e. The molecule has 2 heterocycles. The fourth-order valence-electron chi connectivity index (χ4n) is 2.77. The molecule has 0 fully saturated rings. The highest BCUT2D eigenvalue weighted by atomic mass is 16.2. The number of benzene rings is 2. The molecule has 6 nitrogen and oxygen atoms in total. The third-order valence-electron chi connectivity index (χ3n) is 3.99. The van der Waals surface area contributed by atoms with Gasteiger partial charge in [0.05, 0.1) is 5.69 Å². The van der Waals surface area contributed by atoms with Crippen LogP contribution in [-0.2, 0) is 0 Å². The van der Waals surface area contributed by atoms with E-state index in [1.165, 1.54) is 0 Å². The molecule has 0 atom stereocenters. The molecule has 2 amide bonds. The first-order chi connectivity index (χ1) is 12.8. The average molecular weight is 343 g/mol. The van der Waals surface area contributed by atoms with Crippen LogP contribution in [0.15, 0.2) is 77.9 Å². The molecule has 0 saturated heterocycles. The largest absolute Gasteiger partial charge is 0.366 e. The van der Waals surface area contributed by atoms with E-state index in [9.17, 15) is 4.79 Å². The van der Waals surface area contributed by atoms with Gasteiger partial charge in [0.15, 0.2) is 0 Å². The molecular formula is C20H17N5O. The Labute approximate surface area is 151 Å². The lowest BCUT2D eigenvalue weighted by Gasteiger charge is -2.24. The number of carbonyl (C=O) groups excluding carboxylic acids is 1. The van der Waals surface area contributed by atoms with Gasteiger partial charge < -0.3 is 10.6 Å². The highest BCUT2D eigenvalue weighted by Gasteiger charge is 2.20. The standard InChI is InChI=1S/C20H17N5O/c26-20(24-16-6-2-1-3-7-16)25(19-8-4-5-11-22-19)17-9-10-18-15(12-17)13-21-14-23-18/h1-13,23H,14H2,(H,24,26). The fourth-order valence-corrected chi connectivity index (χ4v) is 2.77. The van der Waals surface area contributed by atoms with E-state index in [1.807, 2.05) is 60.7 Å². The molecule has 3 aromatic rings. The van der Waals surface area contributed by atoms with E-state index in [1.54, 1.807) is 23.4 Å². The molecule has 0 saturated carbocycles. The van der Waals surface area contributed by atoms with Gasteiger partial charge in [0.1, 0.15) is 12.5 Å². The van der Waals surface area contributed by atoms with Gasteiger partial charge in [0.2, 0.25) is 0 Å². The third kappa shape index (κ3) is 3.25. The summed E-state index contributed by atoms with van der Waals surface area (Å²) in [7, 11) is 0. The van der Waals surface area contributed by atoms with E-state index in [0.29, 0.717) is 18.2 Å². The normalized spacial score (nSPS) is 12.0. The number of rotatable bonds is 3. The molecule has 0 radical (unpaired) electrons. The lowest BCUT2D eigenvalue weighted by Crippen LogP contribution is -2.31. The third-order valence-corrected chi connectivity index (χ3v) is 3.99. The number of anilines is 4. The number of para-hydroxylation sites is 1. The topological polar surface area (TPSA) is 69.6 Å². The van der Waals surface area contributed by atoms with Crippen LogP contribution in [0, 0.1) is 0 Å². The quantitative estimate of drug-likeness (QED) is 0.747. The summed E-state index contributed by atoms with van der Waals surface area (Å²) in [4.78, 5) is 23.1. The summed E-state index contributed by atoms with van der Waals surface area (Å²) in [6.07, 6.45) is 3.47. The Morgan fingerprint density at radius 2 is 1.88 bits per heavy atom. The fraction of sp³-hybridized carbons (Fsp3) is 0.0500. The van der Waals surface area contributed by atoms with E-state index < -0.39 is 0 Å². The summed E-state index contributed by atoms with van der Waals surface area (Å²) in [5, 5.41) is 6.12. The van der Waals surface area contributed by atoms with Crippen molar-refractivity contribution in [2.75, 3.05) is 22.2 Å². The molecule has 4 rings (SSSR count). The van der Waals surface area contributed by atoms with Gasteiger partial charge in [0, 0.05) is 29.3 Å². The zero-order valence-electron chi connectivity index (χ0n) is 14.0. The Bertz CT molecular complexity index is 941. The van der Waals surface area contributed by atoms with E-state index in [-0.39, 0.29) is 6.03 Å². The SMILES string of the molecule is O=C(Nc1ccccc1)N(c1ccc2c(c1)C=NCN2)c1ccccn1. The van der Waals surface area contributed by atoms with E-state index in [2.05, 4.69) is 20.6 Å². The zero-order valence-corrected chi connectivity index (χ0v) is 14.0. The first kappa shape index (κ1) is 15.8. The van der Waals surface area contributed by atoms with Crippen LogP contribution >= 0.6 is 0 Å². The van der Waals surface area contributed by atoms with Gasteiger partial charge >= 0.3 is 6.03 Å². The number of hydrogen-bond donors (Lipinski definition) is 2. The molecular weight excluding hydrogens is 326 g/mol. The van der Waals surface area contributed by atoms with Gasteiger partial charge in [-0.3, -0.25) is 4.99 Å². The van der Waals surface area contributed by atoms with E-state index in [4.69, 9.17) is 0 Å². The zero-order chi connectivity index (χ0) is 17.8. The minimum absolute atomic E-state index is 0.282. The summed E-state index contributed by atoms with van der Waals surface area (Å²) in [6, 6.07) is 20.3. The molecule has 6 heteroatoms. The highest BCUT2D eigenvalue weighted by Crippen LogP contribution is 2.29. The number of aromatic nitrogens is 1. The first-order valence-electron chi connectivity index (χ1n) is 8.26. The number of pyridine rings is 1. The van der Waals surface area contributed by atoms with Crippen molar-refractivity contribution in [3.8, 4) is 0 Å². The molecule has 128 valence electrons. The molecule has 2 N–H and O–H groups in total. The molecule has 26 heavy (non-hydrogen) atoms. The molecule has 1 aliphatic heterocycles. The number of hydrogen-bond acceptors (Lipinski definition) is 4. The minimum atomic E-state index is -0.282. The Hall–Kier alpha value is -3.67. The number of amides is 2. The van der Waals surface area contributed by atoms with Crippen LogP contribution in [-0.4, -0.2) is 23.9 Å². The number of urea groups is 1.